The molecule has 0 radical (unpaired) electrons. The Bertz CT molecular complexity index is 1590. The molecule has 17 heteroatoms. The van der Waals surface area contributed by atoms with Gasteiger partial charge in [-0.05, 0) is 44.2 Å². The summed E-state index contributed by atoms with van der Waals surface area (Å²) in [5.41, 5.74) is 0.668. The van der Waals surface area contributed by atoms with Crippen LogP contribution in [0.3, 0.4) is 0 Å². The number of aromatic nitrogens is 1. The second-order valence-corrected chi connectivity index (χ2v) is 11.8. The molecule has 0 bridgehead atoms. The molecule has 0 spiro atoms. The van der Waals surface area contributed by atoms with Gasteiger partial charge in [-0.1, -0.05) is 24.3 Å². The topological polar surface area (TPSA) is 183 Å². The molecule has 17 nitrogen and oxygen atoms in total. The first-order valence-corrected chi connectivity index (χ1v) is 17.5. The average molecular weight is 753 g/mol. The lowest BCUT2D eigenvalue weighted by Crippen LogP contribution is -2.48. The van der Waals surface area contributed by atoms with Crippen LogP contribution < -0.4 is 19.5 Å². The number of carbonyl (C=O) groups excluding carboxylic acids is 4. The van der Waals surface area contributed by atoms with Gasteiger partial charge in [-0.3, -0.25) is 4.98 Å². The number of carbonyl (C=O) groups is 4. The van der Waals surface area contributed by atoms with E-state index in [0.29, 0.717) is 23.9 Å². The number of benzene rings is 2. The van der Waals surface area contributed by atoms with Gasteiger partial charge in [0, 0.05) is 32.0 Å². The van der Waals surface area contributed by atoms with Crippen molar-refractivity contribution >= 4 is 29.8 Å². The molecule has 54 heavy (non-hydrogen) atoms. The molecular formula is C37H44N4O13. The number of pyridine rings is 1. The van der Waals surface area contributed by atoms with Crippen molar-refractivity contribution in [1.82, 2.24) is 14.8 Å². The molecule has 2 aliphatic heterocycles. The Labute approximate surface area is 312 Å². The van der Waals surface area contributed by atoms with Gasteiger partial charge >= 0.3 is 24.1 Å². The van der Waals surface area contributed by atoms with E-state index in [1.807, 2.05) is 50.2 Å². The SMILES string of the molecule is CCNc1ccccc1OCC1CN(C(=O)OCOC(=O)c2cncc(C(=O)OCOC(=O)N3CCOC(COc4ccccc4OCC)C3)c2)CCO1. The molecule has 2 aliphatic rings. The minimum absolute atomic E-state index is 0.0932. The Hall–Kier alpha value is -5.81. The van der Waals surface area contributed by atoms with Gasteiger partial charge in [0.05, 0.1) is 49.7 Å². The van der Waals surface area contributed by atoms with Crippen LogP contribution in [-0.2, 0) is 28.4 Å². The summed E-state index contributed by atoms with van der Waals surface area (Å²) in [6, 6.07) is 16.0. The Kier molecular flexibility index (Phi) is 14.9. The number of para-hydroxylation sites is 4. The van der Waals surface area contributed by atoms with Crippen molar-refractivity contribution in [2.75, 3.05) is 84.7 Å². The number of esters is 2. The zero-order valence-electron chi connectivity index (χ0n) is 30.1. The van der Waals surface area contributed by atoms with Crippen LogP contribution in [0.1, 0.15) is 34.6 Å². The zero-order valence-corrected chi connectivity index (χ0v) is 30.1. The molecule has 1 aromatic heterocycles. The number of rotatable bonds is 16. The van der Waals surface area contributed by atoms with Crippen LogP contribution in [0.25, 0.3) is 0 Å². The van der Waals surface area contributed by atoms with Crippen molar-refractivity contribution in [2.45, 2.75) is 26.1 Å². The third-order valence-corrected chi connectivity index (χ3v) is 8.00. The van der Waals surface area contributed by atoms with E-state index in [1.165, 1.54) is 28.3 Å². The van der Waals surface area contributed by atoms with E-state index in [-0.39, 0.29) is 63.7 Å². The number of nitrogens with zero attached hydrogens (tertiary/aromatic N) is 3. The van der Waals surface area contributed by atoms with Crippen molar-refractivity contribution in [3.8, 4) is 17.2 Å². The number of anilines is 1. The number of hydrogen-bond donors (Lipinski definition) is 1. The Morgan fingerprint density at radius 1 is 0.704 bits per heavy atom. The fourth-order valence-electron chi connectivity index (χ4n) is 5.39. The van der Waals surface area contributed by atoms with Gasteiger partial charge in [-0.2, -0.15) is 0 Å². The van der Waals surface area contributed by atoms with Crippen molar-refractivity contribution in [1.29, 1.82) is 0 Å². The summed E-state index contributed by atoms with van der Waals surface area (Å²) in [5, 5.41) is 3.23. The van der Waals surface area contributed by atoms with Gasteiger partial charge in [0.25, 0.3) is 0 Å². The molecule has 1 N–H and O–H groups in total. The molecule has 2 aromatic carbocycles. The second-order valence-electron chi connectivity index (χ2n) is 11.8. The predicted molar refractivity (Wildman–Crippen MR) is 190 cm³/mol. The number of morpholine rings is 2. The number of nitrogens with one attached hydrogen (secondary N) is 1. The molecule has 3 heterocycles. The maximum Gasteiger partial charge on any atom is 0.412 e. The first kappa shape index (κ1) is 39.4. The summed E-state index contributed by atoms with van der Waals surface area (Å²) in [7, 11) is 0. The molecule has 3 aromatic rings. The lowest BCUT2D eigenvalue weighted by molar-refractivity contribution is -0.0576. The third-order valence-electron chi connectivity index (χ3n) is 8.00. The summed E-state index contributed by atoms with van der Waals surface area (Å²) in [5.74, 6) is 0.0547. The van der Waals surface area contributed by atoms with Crippen LogP contribution >= 0.6 is 0 Å². The summed E-state index contributed by atoms with van der Waals surface area (Å²) < 4.78 is 49.3. The zero-order chi connectivity index (χ0) is 38.1. The first-order chi connectivity index (χ1) is 26.3. The molecule has 0 aliphatic carbocycles. The predicted octanol–water partition coefficient (Wildman–Crippen LogP) is 3.97. The molecular weight excluding hydrogens is 708 g/mol. The summed E-state index contributed by atoms with van der Waals surface area (Å²) in [4.78, 5) is 57.4. The molecule has 2 saturated heterocycles. The van der Waals surface area contributed by atoms with Gasteiger partial charge in [-0.15, -0.1) is 0 Å². The Balaban J connectivity index is 0.997. The van der Waals surface area contributed by atoms with E-state index in [0.717, 1.165) is 12.2 Å². The number of ether oxygens (including phenoxy) is 9. The second kappa shape index (κ2) is 20.4. The van der Waals surface area contributed by atoms with E-state index in [4.69, 9.17) is 42.6 Å². The van der Waals surface area contributed by atoms with Gasteiger partial charge in [-0.25, -0.2) is 19.2 Å². The van der Waals surface area contributed by atoms with Crippen LogP contribution in [0.15, 0.2) is 67.0 Å². The first-order valence-electron chi connectivity index (χ1n) is 17.5. The van der Waals surface area contributed by atoms with E-state index < -0.39 is 49.9 Å². The highest BCUT2D eigenvalue weighted by molar-refractivity contribution is 5.94. The normalized spacial score (nSPS) is 16.8. The van der Waals surface area contributed by atoms with Gasteiger partial charge in [0.1, 0.15) is 31.2 Å². The number of hydrogen-bond acceptors (Lipinski definition) is 15. The highest BCUT2D eigenvalue weighted by Gasteiger charge is 2.28. The lowest BCUT2D eigenvalue weighted by Gasteiger charge is -2.32. The molecule has 2 fully saturated rings. The van der Waals surface area contributed by atoms with E-state index in [2.05, 4.69) is 10.3 Å². The van der Waals surface area contributed by atoms with E-state index in [1.54, 1.807) is 12.1 Å². The molecule has 0 saturated carbocycles. The monoisotopic (exact) mass is 752 g/mol. The minimum Gasteiger partial charge on any atom is -0.490 e. The van der Waals surface area contributed by atoms with Crippen molar-refractivity contribution < 1.29 is 61.8 Å². The van der Waals surface area contributed by atoms with Gasteiger partial charge in [0.15, 0.2) is 11.5 Å². The molecule has 2 unspecified atom stereocenters. The highest BCUT2D eigenvalue weighted by atomic mass is 16.7. The maximum atomic E-state index is 12.7. The minimum atomic E-state index is -0.895. The van der Waals surface area contributed by atoms with Crippen LogP contribution in [-0.4, -0.2) is 130 Å². The van der Waals surface area contributed by atoms with E-state index >= 15 is 0 Å². The fourth-order valence-corrected chi connectivity index (χ4v) is 5.39. The summed E-state index contributed by atoms with van der Waals surface area (Å²) in [6.07, 6.45) is 0.133. The van der Waals surface area contributed by atoms with E-state index in [9.17, 15) is 19.2 Å². The van der Waals surface area contributed by atoms with Gasteiger partial charge in [0.2, 0.25) is 13.6 Å². The van der Waals surface area contributed by atoms with Crippen molar-refractivity contribution in [3.63, 3.8) is 0 Å². The van der Waals surface area contributed by atoms with Crippen LogP contribution in [0.4, 0.5) is 15.3 Å². The standard InChI is InChI=1S/C37H44N4O13/c1-3-39-30-9-5-6-10-31(30)49-22-28-20-40(13-15-47-28)36(44)53-24-51-34(42)26-17-27(19-38-18-26)35(43)52-25-54-37(45)41-14-16-48-29(21-41)23-50-33-12-8-7-11-32(33)46-4-2/h5-12,17-19,28-29,39H,3-4,13-16,20-25H2,1-2H3. The average Bonchev–Trinajstić information content (AvgIpc) is 3.20. The van der Waals surface area contributed by atoms with Gasteiger partial charge < -0.3 is 57.7 Å². The third kappa shape index (κ3) is 11.6. The molecule has 2 amide bonds. The maximum absolute atomic E-state index is 12.7. The number of amides is 2. The molecule has 2 atom stereocenters. The largest absolute Gasteiger partial charge is 0.490 e. The van der Waals surface area contributed by atoms with Crippen molar-refractivity contribution in [2.24, 2.45) is 0 Å². The Morgan fingerprint density at radius 3 is 1.74 bits per heavy atom. The summed E-state index contributed by atoms with van der Waals surface area (Å²) in [6.45, 7) is 5.64. The van der Waals surface area contributed by atoms with Crippen LogP contribution in [0, 0.1) is 0 Å². The summed E-state index contributed by atoms with van der Waals surface area (Å²) >= 11 is 0. The smallest absolute Gasteiger partial charge is 0.412 e. The van der Waals surface area contributed by atoms with Crippen LogP contribution in [0.5, 0.6) is 17.2 Å². The molecule has 5 rings (SSSR count). The fraction of sp³-hybridized carbons (Fsp3) is 0.432. The lowest BCUT2D eigenvalue weighted by atomic mass is 10.2. The highest BCUT2D eigenvalue weighted by Crippen LogP contribution is 2.27. The quantitative estimate of drug-likeness (QED) is 0.164. The Morgan fingerprint density at radius 2 is 1.20 bits per heavy atom. The van der Waals surface area contributed by atoms with Crippen LogP contribution in [0.2, 0.25) is 0 Å². The molecule has 290 valence electrons. The van der Waals surface area contributed by atoms with Crippen molar-refractivity contribution in [3.05, 3.63) is 78.1 Å².